The summed E-state index contributed by atoms with van der Waals surface area (Å²) in [5.41, 5.74) is 1.01. The quantitative estimate of drug-likeness (QED) is 0.738. The molecule has 0 amide bonds. The number of hydrogen-bond acceptors (Lipinski definition) is 2. The molecule has 3 rings (SSSR count). The summed E-state index contributed by atoms with van der Waals surface area (Å²) in [7, 11) is 4.12. The van der Waals surface area contributed by atoms with Crippen LogP contribution in [0.3, 0.4) is 0 Å². The molecule has 3 atom stereocenters. The van der Waals surface area contributed by atoms with Crippen molar-refractivity contribution in [3.63, 3.8) is 0 Å². The number of aliphatic hydroxyl groups is 1. The molecule has 1 saturated carbocycles. The number of benzene rings is 2. The lowest BCUT2D eigenvalue weighted by Crippen LogP contribution is -2.61. The Morgan fingerprint density at radius 2 is 1.54 bits per heavy atom. The van der Waals surface area contributed by atoms with Gasteiger partial charge in [-0.05, 0) is 88.0 Å². The van der Waals surface area contributed by atoms with Crippen LogP contribution in [0.1, 0.15) is 37.3 Å². The molecule has 1 aliphatic carbocycles. The molecule has 0 bridgehead atoms. The number of rotatable bonds is 4. The third kappa shape index (κ3) is 3.66. The van der Waals surface area contributed by atoms with Gasteiger partial charge in [0.15, 0.2) is 0 Å². The zero-order valence-electron chi connectivity index (χ0n) is 15.7. The van der Waals surface area contributed by atoms with Crippen molar-refractivity contribution >= 4 is 23.2 Å². The molecular weight excluding hydrogens is 365 g/mol. The summed E-state index contributed by atoms with van der Waals surface area (Å²) >= 11 is 12.1. The van der Waals surface area contributed by atoms with E-state index in [-0.39, 0.29) is 5.54 Å². The maximum atomic E-state index is 11.7. The van der Waals surface area contributed by atoms with Crippen molar-refractivity contribution in [1.29, 1.82) is 0 Å². The highest BCUT2D eigenvalue weighted by Gasteiger charge is 2.53. The molecule has 3 unspecified atom stereocenters. The van der Waals surface area contributed by atoms with E-state index < -0.39 is 5.60 Å². The van der Waals surface area contributed by atoms with Gasteiger partial charge in [0.25, 0.3) is 0 Å². The van der Waals surface area contributed by atoms with Crippen molar-refractivity contribution in [2.75, 3.05) is 14.1 Å². The second-order valence-corrected chi connectivity index (χ2v) is 8.85. The molecule has 0 radical (unpaired) electrons. The number of nitrogens with zero attached hydrogens (tertiary/aromatic N) is 1. The first-order valence-corrected chi connectivity index (χ1v) is 9.90. The Balaban J connectivity index is 1.86. The van der Waals surface area contributed by atoms with Crippen LogP contribution < -0.4 is 0 Å². The first kappa shape index (κ1) is 19.7. The summed E-state index contributed by atoms with van der Waals surface area (Å²) < 4.78 is 0. The lowest BCUT2D eigenvalue weighted by molar-refractivity contribution is -0.135. The molecule has 0 heterocycles. The first-order chi connectivity index (χ1) is 12.2. The van der Waals surface area contributed by atoms with Crippen LogP contribution in [0.2, 0.25) is 10.0 Å². The Morgan fingerprint density at radius 3 is 2.08 bits per heavy atom. The van der Waals surface area contributed by atoms with Crippen molar-refractivity contribution in [3.8, 4) is 0 Å². The van der Waals surface area contributed by atoms with Crippen LogP contribution in [-0.4, -0.2) is 29.6 Å². The minimum Gasteiger partial charge on any atom is -0.383 e. The molecule has 140 valence electrons. The Hall–Kier alpha value is -1.06. The molecule has 0 spiro atoms. The predicted octanol–water partition coefficient (Wildman–Crippen LogP) is 5.54. The largest absolute Gasteiger partial charge is 0.383 e. The third-order valence-corrected chi connectivity index (χ3v) is 6.74. The van der Waals surface area contributed by atoms with E-state index in [0.717, 1.165) is 36.3 Å². The molecule has 1 fully saturated rings. The fraction of sp³-hybridized carbons (Fsp3) is 0.455. The number of likely N-dealkylation sites (N-methyl/N-ethyl adjacent to an activating group) is 1. The van der Waals surface area contributed by atoms with Crippen molar-refractivity contribution in [2.24, 2.45) is 5.92 Å². The zero-order chi connectivity index (χ0) is 18.9. The van der Waals surface area contributed by atoms with Gasteiger partial charge in [0.1, 0.15) is 5.60 Å². The van der Waals surface area contributed by atoms with E-state index in [1.807, 2.05) is 36.4 Å². The second kappa shape index (κ2) is 7.52. The Kier molecular flexibility index (Phi) is 5.69. The summed E-state index contributed by atoms with van der Waals surface area (Å²) in [5, 5.41) is 13.2. The summed E-state index contributed by atoms with van der Waals surface area (Å²) in [4.78, 5) is 2.18. The van der Waals surface area contributed by atoms with Crippen molar-refractivity contribution in [2.45, 2.75) is 43.7 Å². The Labute approximate surface area is 166 Å². The van der Waals surface area contributed by atoms with Gasteiger partial charge in [0, 0.05) is 10.0 Å². The molecule has 0 saturated heterocycles. The molecule has 26 heavy (non-hydrogen) atoms. The third-order valence-electron chi connectivity index (χ3n) is 6.24. The van der Waals surface area contributed by atoms with Gasteiger partial charge in [-0.3, -0.25) is 0 Å². The lowest BCUT2D eigenvalue weighted by Gasteiger charge is -2.54. The van der Waals surface area contributed by atoms with E-state index >= 15 is 0 Å². The minimum absolute atomic E-state index is 0.351. The maximum absolute atomic E-state index is 11.7. The molecule has 2 aromatic rings. The van der Waals surface area contributed by atoms with Crippen LogP contribution in [0, 0.1) is 5.92 Å². The highest BCUT2D eigenvalue weighted by molar-refractivity contribution is 6.30. The molecule has 2 aromatic carbocycles. The first-order valence-electron chi connectivity index (χ1n) is 9.15. The van der Waals surface area contributed by atoms with Gasteiger partial charge in [0.2, 0.25) is 0 Å². The molecule has 4 heteroatoms. The van der Waals surface area contributed by atoms with E-state index in [0.29, 0.717) is 10.9 Å². The summed E-state index contributed by atoms with van der Waals surface area (Å²) in [6, 6.07) is 15.8. The van der Waals surface area contributed by atoms with Crippen LogP contribution in [0.25, 0.3) is 0 Å². The van der Waals surface area contributed by atoms with Gasteiger partial charge in [-0.2, -0.15) is 0 Å². The van der Waals surface area contributed by atoms with Crippen molar-refractivity contribution in [1.82, 2.24) is 4.90 Å². The van der Waals surface area contributed by atoms with E-state index in [1.165, 1.54) is 5.56 Å². The van der Waals surface area contributed by atoms with Gasteiger partial charge in [-0.25, -0.2) is 0 Å². The van der Waals surface area contributed by atoms with Crippen LogP contribution in [0.4, 0.5) is 0 Å². The zero-order valence-corrected chi connectivity index (χ0v) is 17.2. The van der Waals surface area contributed by atoms with Gasteiger partial charge < -0.3 is 10.0 Å². The molecule has 0 aromatic heterocycles. The highest BCUT2D eigenvalue weighted by atomic mass is 35.5. The van der Waals surface area contributed by atoms with Crippen molar-refractivity contribution in [3.05, 3.63) is 69.7 Å². The maximum Gasteiger partial charge on any atom is 0.108 e. The molecular formula is C22H27Cl2NO. The normalized spacial score (nSPS) is 29.1. The molecule has 1 N–H and O–H groups in total. The van der Waals surface area contributed by atoms with E-state index in [1.54, 1.807) is 0 Å². The fourth-order valence-electron chi connectivity index (χ4n) is 4.38. The summed E-state index contributed by atoms with van der Waals surface area (Å²) in [6.45, 7) is 2.18. The van der Waals surface area contributed by atoms with Crippen LogP contribution in [0.5, 0.6) is 0 Å². The van der Waals surface area contributed by atoms with Gasteiger partial charge in [-0.15, -0.1) is 0 Å². The van der Waals surface area contributed by atoms with Crippen LogP contribution in [0.15, 0.2) is 48.5 Å². The van der Waals surface area contributed by atoms with Gasteiger partial charge >= 0.3 is 0 Å². The highest BCUT2D eigenvalue weighted by Crippen LogP contribution is 2.49. The van der Waals surface area contributed by atoms with Gasteiger partial charge in [-0.1, -0.05) is 47.5 Å². The topological polar surface area (TPSA) is 23.5 Å². The van der Waals surface area contributed by atoms with Crippen molar-refractivity contribution < 1.29 is 5.11 Å². The van der Waals surface area contributed by atoms with Crippen LogP contribution >= 0.6 is 23.2 Å². The Morgan fingerprint density at radius 1 is 1.00 bits per heavy atom. The average Bonchev–Trinajstić information content (AvgIpc) is 2.61. The van der Waals surface area contributed by atoms with E-state index in [4.69, 9.17) is 23.2 Å². The van der Waals surface area contributed by atoms with Gasteiger partial charge in [0.05, 0.1) is 5.54 Å². The summed E-state index contributed by atoms with van der Waals surface area (Å²) in [6.07, 6.45) is 3.67. The van der Waals surface area contributed by atoms with E-state index in [9.17, 15) is 5.11 Å². The summed E-state index contributed by atoms with van der Waals surface area (Å²) in [5.74, 6) is 0.524. The second-order valence-electron chi connectivity index (χ2n) is 7.97. The molecule has 1 aliphatic rings. The fourth-order valence-corrected chi connectivity index (χ4v) is 4.63. The smallest absolute Gasteiger partial charge is 0.108 e. The molecule has 0 aliphatic heterocycles. The number of halogens is 2. The monoisotopic (exact) mass is 391 g/mol. The minimum atomic E-state index is -0.891. The Bertz CT molecular complexity index is 744. The lowest BCUT2D eigenvalue weighted by atomic mass is 9.62. The predicted molar refractivity (Wildman–Crippen MR) is 110 cm³/mol. The standard InChI is InChI=1S/C22H27Cl2NO/c1-21(25(2)3)15-17(14-16-4-8-19(23)9-5-16)12-13-22(21,26)18-6-10-20(24)11-7-18/h4-11,17,26H,12-15H2,1-3H3. The average molecular weight is 392 g/mol. The molecule has 2 nitrogen and oxygen atoms in total. The SMILES string of the molecule is CN(C)C1(C)CC(Cc2ccc(Cl)cc2)CCC1(O)c1ccc(Cl)cc1. The number of hydrogen-bond donors (Lipinski definition) is 1. The van der Waals surface area contributed by atoms with Crippen LogP contribution in [-0.2, 0) is 12.0 Å². The van der Waals surface area contributed by atoms with E-state index in [2.05, 4.69) is 38.1 Å².